The van der Waals surface area contributed by atoms with Gasteiger partial charge in [-0.1, -0.05) is 11.6 Å². The molecule has 1 fully saturated rings. The number of halogens is 1. The highest BCUT2D eigenvalue weighted by molar-refractivity contribution is 7.86. The number of nitrogens with two attached hydrogens (primary N) is 1. The molecule has 1 saturated heterocycles. The largest absolute Gasteiger partial charge is 0.398 e. The van der Waals surface area contributed by atoms with E-state index < -0.39 is 10.8 Å². The summed E-state index contributed by atoms with van der Waals surface area (Å²) in [6.07, 6.45) is 0. The molecule has 2 rings (SSSR count). The molecule has 1 aromatic carbocycles. The summed E-state index contributed by atoms with van der Waals surface area (Å²) >= 11 is 5.84. The Balaban J connectivity index is 2.04. The average Bonchev–Trinajstić information content (AvgIpc) is 2.42. The van der Waals surface area contributed by atoms with Crippen molar-refractivity contribution in [1.82, 2.24) is 4.90 Å². The summed E-state index contributed by atoms with van der Waals surface area (Å²) in [5.41, 5.74) is 6.13. The van der Waals surface area contributed by atoms with Crippen LogP contribution in [0.5, 0.6) is 0 Å². The number of nitrogens with zero attached hydrogens (tertiary/aromatic N) is 1. The Bertz CT molecular complexity index is 504. The lowest BCUT2D eigenvalue weighted by atomic mass is 10.3. The maximum Gasteiger partial charge on any atom is 0.235 e. The first-order valence-electron chi connectivity index (χ1n) is 5.87. The Labute approximate surface area is 119 Å². The van der Waals surface area contributed by atoms with Gasteiger partial charge in [0.05, 0.1) is 28.9 Å². The molecule has 19 heavy (non-hydrogen) atoms. The van der Waals surface area contributed by atoms with E-state index in [0.717, 1.165) is 0 Å². The van der Waals surface area contributed by atoms with Crippen LogP contribution >= 0.6 is 11.6 Å². The monoisotopic (exact) mass is 302 g/mol. The zero-order chi connectivity index (χ0) is 13.8. The minimum atomic E-state index is -1.48. The molecule has 1 amide bonds. The van der Waals surface area contributed by atoms with Crippen molar-refractivity contribution in [3.05, 3.63) is 23.2 Å². The molecule has 0 spiro atoms. The number of nitrogen functional groups attached to an aromatic ring is 1. The van der Waals surface area contributed by atoms with Crippen molar-refractivity contribution in [3.63, 3.8) is 0 Å². The van der Waals surface area contributed by atoms with Crippen LogP contribution in [-0.2, 0) is 20.3 Å². The fraction of sp³-hybridized carbons (Fsp3) is 0.417. The number of hydrogen-bond acceptors (Lipinski definition) is 4. The molecule has 1 aliphatic heterocycles. The molecule has 5 nitrogen and oxygen atoms in total. The van der Waals surface area contributed by atoms with Crippen LogP contribution in [0, 0.1) is 0 Å². The van der Waals surface area contributed by atoms with E-state index in [4.69, 9.17) is 22.1 Å². The van der Waals surface area contributed by atoms with Crippen molar-refractivity contribution in [2.45, 2.75) is 4.90 Å². The molecule has 2 N–H and O–H groups in total. The smallest absolute Gasteiger partial charge is 0.235 e. The van der Waals surface area contributed by atoms with Gasteiger partial charge in [0.15, 0.2) is 0 Å². The summed E-state index contributed by atoms with van der Waals surface area (Å²) in [7, 11) is -1.48. The summed E-state index contributed by atoms with van der Waals surface area (Å²) in [4.78, 5) is 14.0. The Morgan fingerprint density at radius 1 is 1.42 bits per heavy atom. The molecule has 0 aliphatic carbocycles. The van der Waals surface area contributed by atoms with Crippen LogP contribution in [0.2, 0.25) is 5.02 Å². The summed E-state index contributed by atoms with van der Waals surface area (Å²) < 4.78 is 17.3. The average molecular weight is 303 g/mol. The first kappa shape index (κ1) is 14.3. The third kappa shape index (κ3) is 3.68. The van der Waals surface area contributed by atoms with E-state index in [1.807, 2.05) is 0 Å². The van der Waals surface area contributed by atoms with E-state index in [1.54, 1.807) is 23.1 Å². The lowest BCUT2D eigenvalue weighted by molar-refractivity contribution is -0.132. The zero-order valence-corrected chi connectivity index (χ0v) is 11.9. The van der Waals surface area contributed by atoms with Crippen molar-refractivity contribution in [1.29, 1.82) is 0 Å². The maximum atomic E-state index is 12.2. The Hall–Kier alpha value is -1.11. The molecule has 104 valence electrons. The molecule has 1 atom stereocenters. The first-order chi connectivity index (χ1) is 9.08. The second-order valence-corrected chi connectivity index (χ2v) is 6.02. The Morgan fingerprint density at radius 3 is 2.79 bits per heavy atom. The standard InChI is InChI=1S/C12H15ClN2O3S/c13-9-1-2-10(14)11(7-9)19(17)8-12(16)15-3-5-18-6-4-15/h1-2,7H,3-6,8,14H2. The molecular weight excluding hydrogens is 288 g/mol. The topological polar surface area (TPSA) is 72.6 Å². The molecule has 1 unspecified atom stereocenters. The van der Waals surface area contributed by atoms with Crippen molar-refractivity contribution in [2.75, 3.05) is 37.8 Å². The molecule has 0 saturated carbocycles. The summed E-state index contributed by atoms with van der Waals surface area (Å²) in [6.45, 7) is 2.14. The van der Waals surface area contributed by atoms with Crippen LogP contribution in [-0.4, -0.2) is 47.1 Å². The predicted octanol–water partition coefficient (Wildman–Crippen LogP) is 0.889. The van der Waals surface area contributed by atoms with E-state index in [9.17, 15) is 9.00 Å². The molecule has 1 aliphatic rings. The number of anilines is 1. The second-order valence-electron chi connectivity index (χ2n) is 4.17. The van der Waals surface area contributed by atoms with Gasteiger partial charge in [0.25, 0.3) is 0 Å². The van der Waals surface area contributed by atoms with Gasteiger partial charge in [0.1, 0.15) is 5.75 Å². The van der Waals surface area contributed by atoms with E-state index in [-0.39, 0.29) is 11.7 Å². The van der Waals surface area contributed by atoms with E-state index in [2.05, 4.69) is 0 Å². The summed E-state index contributed by atoms with van der Waals surface area (Å²) in [5.74, 6) is -0.231. The zero-order valence-electron chi connectivity index (χ0n) is 10.3. The maximum absolute atomic E-state index is 12.2. The van der Waals surface area contributed by atoms with Gasteiger partial charge in [-0.25, -0.2) is 0 Å². The number of carbonyl (C=O) groups excluding carboxylic acids is 1. The normalized spacial score (nSPS) is 17.2. The Kier molecular flexibility index (Phi) is 4.79. The third-order valence-electron chi connectivity index (χ3n) is 2.84. The van der Waals surface area contributed by atoms with Crippen LogP contribution < -0.4 is 5.73 Å². The van der Waals surface area contributed by atoms with Crippen LogP contribution in [0.15, 0.2) is 23.1 Å². The Morgan fingerprint density at radius 2 is 2.11 bits per heavy atom. The first-order valence-corrected chi connectivity index (χ1v) is 7.56. The van der Waals surface area contributed by atoms with Gasteiger partial charge in [-0.2, -0.15) is 0 Å². The van der Waals surface area contributed by atoms with Gasteiger partial charge in [0.2, 0.25) is 5.91 Å². The molecule has 0 aromatic heterocycles. The highest BCUT2D eigenvalue weighted by Crippen LogP contribution is 2.21. The number of rotatable bonds is 3. The number of benzene rings is 1. The second kappa shape index (κ2) is 6.36. The fourth-order valence-corrected chi connectivity index (χ4v) is 3.19. The van der Waals surface area contributed by atoms with Gasteiger partial charge in [-0.05, 0) is 18.2 Å². The van der Waals surface area contributed by atoms with Gasteiger partial charge in [-0.15, -0.1) is 0 Å². The van der Waals surface area contributed by atoms with Gasteiger partial charge in [0, 0.05) is 23.8 Å². The highest BCUT2D eigenvalue weighted by Gasteiger charge is 2.20. The van der Waals surface area contributed by atoms with E-state index >= 15 is 0 Å². The van der Waals surface area contributed by atoms with E-state index in [1.165, 1.54) is 0 Å². The lowest BCUT2D eigenvalue weighted by Crippen LogP contribution is -2.42. The van der Waals surface area contributed by atoms with Gasteiger partial charge in [-0.3, -0.25) is 9.00 Å². The SMILES string of the molecule is Nc1ccc(Cl)cc1S(=O)CC(=O)N1CCOCC1. The summed E-state index contributed by atoms with van der Waals surface area (Å²) in [6, 6.07) is 4.76. The van der Waals surface area contributed by atoms with Crippen molar-refractivity contribution < 1.29 is 13.7 Å². The molecule has 0 bridgehead atoms. The molecule has 1 heterocycles. The minimum Gasteiger partial charge on any atom is -0.398 e. The van der Waals surface area contributed by atoms with Crippen LogP contribution in [0.3, 0.4) is 0 Å². The molecule has 0 radical (unpaired) electrons. The van der Waals surface area contributed by atoms with Crippen LogP contribution in [0.4, 0.5) is 5.69 Å². The van der Waals surface area contributed by atoms with Crippen molar-refractivity contribution >= 4 is 34.0 Å². The van der Waals surface area contributed by atoms with Crippen molar-refractivity contribution in [3.8, 4) is 0 Å². The molecule has 1 aromatic rings. The third-order valence-corrected chi connectivity index (χ3v) is 4.43. The molecule has 7 heteroatoms. The quantitative estimate of drug-likeness (QED) is 0.842. The number of carbonyl (C=O) groups is 1. The number of morpholine rings is 1. The predicted molar refractivity (Wildman–Crippen MR) is 74.5 cm³/mol. The summed E-state index contributed by atoms with van der Waals surface area (Å²) in [5, 5.41) is 0.455. The number of hydrogen-bond donors (Lipinski definition) is 1. The fourth-order valence-electron chi connectivity index (χ4n) is 1.80. The highest BCUT2D eigenvalue weighted by atomic mass is 35.5. The van der Waals surface area contributed by atoms with Gasteiger partial charge < -0.3 is 15.4 Å². The molecular formula is C12H15ClN2O3S. The van der Waals surface area contributed by atoms with Crippen LogP contribution in [0.25, 0.3) is 0 Å². The van der Waals surface area contributed by atoms with E-state index in [0.29, 0.717) is 41.9 Å². The minimum absolute atomic E-state index is 0.0788. The number of ether oxygens (including phenoxy) is 1. The van der Waals surface area contributed by atoms with Crippen LogP contribution in [0.1, 0.15) is 0 Å². The van der Waals surface area contributed by atoms with Gasteiger partial charge >= 0.3 is 0 Å². The number of amides is 1. The van der Waals surface area contributed by atoms with Crippen molar-refractivity contribution in [2.24, 2.45) is 0 Å². The lowest BCUT2D eigenvalue weighted by Gasteiger charge is -2.26.